The maximum absolute atomic E-state index is 11.9. The van der Waals surface area contributed by atoms with Gasteiger partial charge in [-0.05, 0) is 26.0 Å². The SMILES string of the molecule is CC1(C)C(=O)C(=O)N(c2ccccc2)C1=O. The van der Waals surface area contributed by atoms with E-state index in [1.165, 1.54) is 13.8 Å². The Morgan fingerprint density at radius 2 is 1.56 bits per heavy atom. The fourth-order valence-electron chi connectivity index (χ4n) is 1.65. The molecule has 0 N–H and O–H groups in total. The van der Waals surface area contributed by atoms with Crippen molar-refractivity contribution in [2.24, 2.45) is 5.41 Å². The van der Waals surface area contributed by atoms with Gasteiger partial charge in [-0.25, -0.2) is 4.90 Å². The van der Waals surface area contributed by atoms with Gasteiger partial charge in [-0.3, -0.25) is 14.4 Å². The zero-order chi connectivity index (χ0) is 11.9. The van der Waals surface area contributed by atoms with E-state index < -0.39 is 23.0 Å². The smallest absolute Gasteiger partial charge is 0.287 e. The summed E-state index contributed by atoms with van der Waals surface area (Å²) in [5, 5.41) is 0. The first-order chi connectivity index (χ1) is 7.46. The van der Waals surface area contributed by atoms with Crippen LogP contribution in [0.5, 0.6) is 0 Å². The summed E-state index contributed by atoms with van der Waals surface area (Å²) in [4.78, 5) is 36.2. The summed E-state index contributed by atoms with van der Waals surface area (Å²) in [6.45, 7) is 2.94. The summed E-state index contributed by atoms with van der Waals surface area (Å²) in [7, 11) is 0. The zero-order valence-electron chi connectivity index (χ0n) is 9.06. The van der Waals surface area contributed by atoms with Gasteiger partial charge in [0.25, 0.3) is 0 Å². The summed E-state index contributed by atoms with van der Waals surface area (Å²) in [6, 6.07) is 8.47. The topological polar surface area (TPSA) is 54.5 Å². The Morgan fingerprint density at radius 1 is 1.00 bits per heavy atom. The number of carbonyl (C=O) groups excluding carboxylic acids is 3. The van der Waals surface area contributed by atoms with Gasteiger partial charge in [-0.1, -0.05) is 18.2 Å². The van der Waals surface area contributed by atoms with Crippen molar-refractivity contribution in [1.29, 1.82) is 0 Å². The van der Waals surface area contributed by atoms with E-state index >= 15 is 0 Å². The van der Waals surface area contributed by atoms with Crippen LogP contribution in [0.15, 0.2) is 30.3 Å². The molecule has 1 aromatic rings. The van der Waals surface area contributed by atoms with Crippen LogP contribution in [0.25, 0.3) is 0 Å². The lowest BCUT2D eigenvalue weighted by molar-refractivity contribution is -0.138. The Bertz CT molecular complexity index is 476. The molecule has 16 heavy (non-hydrogen) atoms. The number of anilines is 1. The molecule has 4 heteroatoms. The number of carbonyl (C=O) groups is 3. The van der Waals surface area contributed by atoms with Gasteiger partial charge >= 0.3 is 5.91 Å². The highest BCUT2D eigenvalue weighted by Gasteiger charge is 2.53. The molecule has 1 aliphatic heterocycles. The predicted molar refractivity (Wildman–Crippen MR) is 57.7 cm³/mol. The second-order valence-electron chi connectivity index (χ2n) is 4.24. The second-order valence-corrected chi connectivity index (χ2v) is 4.24. The third kappa shape index (κ3) is 1.26. The Hall–Kier alpha value is -1.97. The first-order valence-corrected chi connectivity index (χ1v) is 4.94. The first kappa shape index (κ1) is 10.5. The van der Waals surface area contributed by atoms with Crippen molar-refractivity contribution >= 4 is 23.3 Å². The predicted octanol–water partition coefficient (Wildman–Crippen LogP) is 1.16. The number of benzene rings is 1. The van der Waals surface area contributed by atoms with Gasteiger partial charge in [0.05, 0.1) is 5.69 Å². The molecule has 1 aromatic carbocycles. The molecular weight excluding hydrogens is 206 g/mol. The molecule has 0 unspecified atom stereocenters. The summed E-state index contributed by atoms with van der Waals surface area (Å²) >= 11 is 0. The molecule has 0 aromatic heterocycles. The summed E-state index contributed by atoms with van der Waals surface area (Å²) < 4.78 is 0. The van der Waals surface area contributed by atoms with Crippen LogP contribution in [0.4, 0.5) is 5.69 Å². The normalized spacial score (nSPS) is 19.4. The standard InChI is InChI=1S/C12H11NO3/c1-12(2)9(14)10(15)13(11(12)16)8-6-4-3-5-7-8/h3-7H,1-2H3. The van der Waals surface area contributed by atoms with Gasteiger partial charge in [0, 0.05) is 0 Å². The highest BCUT2D eigenvalue weighted by molar-refractivity contribution is 6.57. The van der Waals surface area contributed by atoms with Crippen LogP contribution in [0.1, 0.15) is 13.8 Å². The lowest BCUT2D eigenvalue weighted by atomic mass is 9.90. The fourth-order valence-corrected chi connectivity index (χ4v) is 1.65. The van der Waals surface area contributed by atoms with Crippen molar-refractivity contribution in [1.82, 2.24) is 0 Å². The number of rotatable bonds is 1. The summed E-state index contributed by atoms with van der Waals surface area (Å²) in [5.41, 5.74) is -0.802. The Balaban J connectivity index is 2.50. The highest BCUT2D eigenvalue weighted by Crippen LogP contribution is 2.32. The molecule has 82 valence electrons. The van der Waals surface area contributed by atoms with Gasteiger partial charge in [-0.2, -0.15) is 0 Å². The molecule has 1 saturated heterocycles. The number of ketones is 1. The van der Waals surface area contributed by atoms with E-state index in [2.05, 4.69) is 0 Å². The molecule has 0 saturated carbocycles. The minimum absolute atomic E-state index is 0.441. The van der Waals surface area contributed by atoms with E-state index in [0.717, 1.165) is 4.90 Å². The zero-order valence-corrected chi connectivity index (χ0v) is 9.06. The molecule has 1 heterocycles. The molecule has 2 amide bonds. The summed E-state index contributed by atoms with van der Waals surface area (Å²) in [5.74, 6) is -1.86. The number of hydrogen-bond acceptors (Lipinski definition) is 3. The average molecular weight is 217 g/mol. The minimum atomic E-state index is -1.24. The van der Waals surface area contributed by atoms with E-state index in [0.29, 0.717) is 5.69 Å². The van der Waals surface area contributed by atoms with E-state index in [9.17, 15) is 14.4 Å². The van der Waals surface area contributed by atoms with Gasteiger partial charge < -0.3 is 0 Å². The van der Waals surface area contributed by atoms with Crippen molar-refractivity contribution in [3.8, 4) is 0 Å². The Kier molecular flexibility index (Phi) is 2.15. The van der Waals surface area contributed by atoms with Crippen LogP contribution in [0, 0.1) is 5.41 Å². The maximum atomic E-state index is 11.9. The molecule has 0 spiro atoms. The Morgan fingerprint density at radius 3 is 2.00 bits per heavy atom. The lowest BCUT2D eigenvalue weighted by Crippen LogP contribution is -2.32. The van der Waals surface area contributed by atoms with Crippen molar-refractivity contribution in [3.05, 3.63) is 30.3 Å². The average Bonchev–Trinajstić information content (AvgIpc) is 2.42. The largest absolute Gasteiger partial charge is 0.302 e. The van der Waals surface area contributed by atoms with Crippen LogP contribution < -0.4 is 4.90 Å². The fraction of sp³-hybridized carbons (Fsp3) is 0.250. The molecule has 4 nitrogen and oxygen atoms in total. The maximum Gasteiger partial charge on any atom is 0.302 e. The minimum Gasteiger partial charge on any atom is -0.287 e. The molecule has 0 atom stereocenters. The van der Waals surface area contributed by atoms with Crippen molar-refractivity contribution in [3.63, 3.8) is 0 Å². The molecular formula is C12H11NO3. The lowest BCUT2D eigenvalue weighted by Gasteiger charge is -2.15. The van der Waals surface area contributed by atoms with Crippen molar-refractivity contribution in [2.75, 3.05) is 4.90 Å². The van der Waals surface area contributed by atoms with Crippen LogP contribution in [0.2, 0.25) is 0 Å². The Labute approximate surface area is 92.9 Å². The summed E-state index contributed by atoms with van der Waals surface area (Å²) in [6.07, 6.45) is 0. The van der Waals surface area contributed by atoms with Crippen LogP contribution in [0.3, 0.4) is 0 Å². The third-order valence-corrected chi connectivity index (χ3v) is 2.72. The number of hydrogen-bond donors (Lipinski definition) is 0. The molecule has 0 radical (unpaired) electrons. The van der Waals surface area contributed by atoms with Gasteiger partial charge in [0.15, 0.2) is 0 Å². The van der Waals surface area contributed by atoms with Gasteiger partial charge in [0.2, 0.25) is 11.7 Å². The monoisotopic (exact) mass is 217 g/mol. The van der Waals surface area contributed by atoms with E-state index in [1.54, 1.807) is 30.3 Å². The van der Waals surface area contributed by atoms with Crippen molar-refractivity contribution < 1.29 is 14.4 Å². The number of para-hydroxylation sites is 1. The number of imide groups is 1. The van der Waals surface area contributed by atoms with Crippen LogP contribution in [-0.2, 0) is 14.4 Å². The highest BCUT2D eigenvalue weighted by atomic mass is 16.2. The molecule has 1 aliphatic rings. The van der Waals surface area contributed by atoms with E-state index in [-0.39, 0.29) is 0 Å². The van der Waals surface area contributed by atoms with Crippen LogP contribution in [-0.4, -0.2) is 17.6 Å². The number of amides is 2. The van der Waals surface area contributed by atoms with Crippen LogP contribution >= 0.6 is 0 Å². The molecule has 1 fully saturated rings. The quantitative estimate of drug-likeness (QED) is 0.403. The number of Topliss-reactive ketones (excluding diaryl/α,β-unsaturated/α-hetero) is 1. The molecule has 0 bridgehead atoms. The van der Waals surface area contributed by atoms with E-state index in [4.69, 9.17) is 0 Å². The van der Waals surface area contributed by atoms with Gasteiger partial charge in [-0.15, -0.1) is 0 Å². The third-order valence-electron chi connectivity index (χ3n) is 2.72. The molecule has 0 aliphatic carbocycles. The first-order valence-electron chi connectivity index (χ1n) is 4.94. The molecule has 2 rings (SSSR count). The van der Waals surface area contributed by atoms with E-state index in [1.807, 2.05) is 0 Å². The second kappa shape index (κ2) is 3.27. The van der Waals surface area contributed by atoms with Crippen molar-refractivity contribution in [2.45, 2.75) is 13.8 Å². The number of nitrogens with zero attached hydrogens (tertiary/aromatic N) is 1. The van der Waals surface area contributed by atoms with Gasteiger partial charge in [0.1, 0.15) is 5.41 Å².